The Labute approximate surface area is 298 Å². The highest BCUT2D eigenvalue weighted by Gasteiger charge is 2.40. The number of aliphatic carboxylic acids is 1. The molecule has 0 fully saturated rings. The summed E-state index contributed by atoms with van der Waals surface area (Å²) < 4.78 is 16.4. The summed E-state index contributed by atoms with van der Waals surface area (Å²) in [5.74, 6) is -3.03. The SMILES string of the molecule is CCOC(=O)C1=C(CN(CC(C)(C)NCC(O)COc2ccccc2OC)C(=O)C(C)C)NC(C)=C(C(=O)O)C1c1cccc([N+](=O)[O-])c1.Cl. The van der Waals surface area contributed by atoms with Gasteiger partial charge in [-0.1, -0.05) is 38.1 Å². The van der Waals surface area contributed by atoms with Crippen LogP contribution in [0.1, 0.15) is 53.0 Å². The number of nitro benzene ring substituents is 1. The number of carboxylic acid groups (broad SMARTS) is 1. The van der Waals surface area contributed by atoms with Crippen LogP contribution in [0.3, 0.4) is 0 Å². The molecule has 1 heterocycles. The summed E-state index contributed by atoms with van der Waals surface area (Å²) in [6.07, 6.45) is -0.908. The Morgan fingerprint density at radius 3 is 2.34 bits per heavy atom. The highest BCUT2D eigenvalue weighted by Crippen LogP contribution is 2.40. The first-order valence-electron chi connectivity index (χ1n) is 15.9. The molecule has 0 saturated heterocycles. The van der Waals surface area contributed by atoms with Gasteiger partial charge in [0.2, 0.25) is 5.91 Å². The van der Waals surface area contributed by atoms with Crippen molar-refractivity contribution >= 4 is 35.9 Å². The van der Waals surface area contributed by atoms with Crippen LogP contribution < -0.4 is 20.1 Å². The largest absolute Gasteiger partial charge is 0.493 e. The van der Waals surface area contributed by atoms with Crippen LogP contribution >= 0.6 is 12.4 Å². The van der Waals surface area contributed by atoms with Gasteiger partial charge in [0.15, 0.2) is 11.5 Å². The zero-order valence-electron chi connectivity index (χ0n) is 29.3. The number of allylic oxidation sites excluding steroid dienone is 1. The molecule has 1 aliphatic heterocycles. The number of nitrogens with one attached hydrogen (secondary N) is 2. The minimum Gasteiger partial charge on any atom is -0.493 e. The predicted octanol–water partition coefficient (Wildman–Crippen LogP) is 4.18. The van der Waals surface area contributed by atoms with Gasteiger partial charge in [0.25, 0.3) is 5.69 Å². The molecule has 50 heavy (non-hydrogen) atoms. The molecule has 274 valence electrons. The molecule has 2 unspecified atom stereocenters. The van der Waals surface area contributed by atoms with E-state index in [0.717, 1.165) is 0 Å². The molecule has 0 aliphatic carbocycles. The number of methoxy groups -OCH3 is 1. The minimum atomic E-state index is -1.32. The molecule has 15 heteroatoms. The molecule has 0 radical (unpaired) electrons. The van der Waals surface area contributed by atoms with Crippen LogP contribution in [0, 0.1) is 16.0 Å². The normalized spacial score (nSPS) is 15.1. The molecule has 0 bridgehead atoms. The monoisotopic (exact) mass is 718 g/mol. The third-order valence-electron chi connectivity index (χ3n) is 7.84. The molecule has 14 nitrogen and oxygen atoms in total. The number of carbonyl (C=O) groups is 3. The molecule has 1 aliphatic rings. The van der Waals surface area contributed by atoms with E-state index in [2.05, 4.69) is 10.6 Å². The van der Waals surface area contributed by atoms with Crippen molar-refractivity contribution in [1.29, 1.82) is 0 Å². The number of hydrogen-bond donors (Lipinski definition) is 4. The second kappa shape index (κ2) is 18.4. The van der Waals surface area contributed by atoms with Gasteiger partial charge in [-0.05, 0) is 45.4 Å². The third-order valence-corrected chi connectivity index (χ3v) is 7.84. The molecule has 0 spiro atoms. The summed E-state index contributed by atoms with van der Waals surface area (Å²) in [6.45, 7) is 10.4. The Morgan fingerprint density at radius 1 is 1.10 bits per heavy atom. The Hall–Kier alpha value is -4.66. The lowest BCUT2D eigenvalue weighted by Gasteiger charge is -2.38. The van der Waals surface area contributed by atoms with Crippen LogP contribution in [-0.4, -0.2) is 89.5 Å². The fraction of sp³-hybridized carbons (Fsp3) is 0.457. The van der Waals surface area contributed by atoms with Crippen molar-refractivity contribution in [2.24, 2.45) is 5.92 Å². The van der Waals surface area contributed by atoms with Gasteiger partial charge in [-0.15, -0.1) is 12.4 Å². The number of carbonyl (C=O) groups excluding carboxylic acids is 2. The molecule has 2 aromatic carbocycles. The number of carboxylic acids is 1. The number of nitrogens with zero attached hydrogens (tertiary/aromatic N) is 2. The number of aliphatic hydroxyl groups excluding tert-OH is 1. The lowest BCUT2D eigenvalue weighted by molar-refractivity contribution is -0.384. The van der Waals surface area contributed by atoms with Crippen molar-refractivity contribution in [2.45, 2.75) is 59.1 Å². The molecule has 3 rings (SSSR count). The van der Waals surface area contributed by atoms with Gasteiger partial charge in [0.05, 0.1) is 42.2 Å². The molecule has 2 aromatic rings. The van der Waals surface area contributed by atoms with E-state index in [0.29, 0.717) is 11.5 Å². The van der Waals surface area contributed by atoms with Crippen molar-refractivity contribution in [3.63, 3.8) is 0 Å². The lowest BCUT2D eigenvalue weighted by Crippen LogP contribution is -2.54. The number of aliphatic hydroxyl groups is 1. The molecular formula is C35H47ClN4O10. The van der Waals surface area contributed by atoms with E-state index in [1.54, 1.807) is 43.9 Å². The van der Waals surface area contributed by atoms with E-state index in [1.165, 1.54) is 38.3 Å². The fourth-order valence-corrected chi connectivity index (χ4v) is 5.58. The van der Waals surface area contributed by atoms with Crippen molar-refractivity contribution < 1.29 is 43.7 Å². The van der Waals surface area contributed by atoms with Gasteiger partial charge < -0.3 is 40.0 Å². The summed E-state index contributed by atoms with van der Waals surface area (Å²) >= 11 is 0. The average Bonchev–Trinajstić information content (AvgIpc) is 3.05. The van der Waals surface area contributed by atoms with Crippen molar-refractivity contribution in [3.8, 4) is 11.5 Å². The van der Waals surface area contributed by atoms with E-state index < -0.39 is 40.3 Å². The smallest absolute Gasteiger partial charge is 0.336 e. The lowest BCUT2D eigenvalue weighted by atomic mass is 9.80. The number of dihydropyridines is 1. The molecule has 2 atom stereocenters. The molecular weight excluding hydrogens is 672 g/mol. The first-order chi connectivity index (χ1) is 23.1. The third kappa shape index (κ3) is 10.7. The average molecular weight is 719 g/mol. The topological polar surface area (TPSA) is 190 Å². The van der Waals surface area contributed by atoms with Crippen LogP contribution in [0.4, 0.5) is 5.69 Å². The number of para-hydroxylation sites is 2. The molecule has 1 amide bonds. The zero-order valence-corrected chi connectivity index (χ0v) is 30.2. The highest BCUT2D eigenvalue weighted by molar-refractivity contribution is 5.99. The predicted molar refractivity (Wildman–Crippen MR) is 188 cm³/mol. The van der Waals surface area contributed by atoms with Gasteiger partial charge in [0.1, 0.15) is 12.7 Å². The maximum Gasteiger partial charge on any atom is 0.336 e. The van der Waals surface area contributed by atoms with Crippen LogP contribution in [-0.2, 0) is 19.1 Å². The molecule has 0 saturated carbocycles. The quantitative estimate of drug-likeness (QED) is 0.104. The fourth-order valence-electron chi connectivity index (χ4n) is 5.58. The van der Waals surface area contributed by atoms with Gasteiger partial charge in [-0.25, -0.2) is 9.59 Å². The van der Waals surface area contributed by atoms with Crippen molar-refractivity contribution in [2.75, 3.05) is 40.0 Å². The van der Waals surface area contributed by atoms with Gasteiger partial charge in [-0.3, -0.25) is 14.9 Å². The van der Waals surface area contributed by atoms with E-state index in [4.69, 9.17) is 14.2 Å². The number of non-ortho nitro benzene ring substituents is 1. The summed E-state index contributed by atoms with van der Waals surface area (Å²) in [4.78, 5) is 52.4. The number of benzene rings is 2. The number of hydrogen-bond acceptors (Lipinski definition) is 11. The standard InChI is InChI=1S/C35H46N4O10.ClH/c1-8-48-34(44)31-26(37-22(4)29(33(42)43)30(31)23-12-11-13-24(16-23)39(45)46)18-38(32(41)21(2)3)20-35(5,6)36-17-25(40)19-49-28-15-10-9-14-27(28)47-7;/h9-16,21,25,30,36-37,40H,8,17-20H2,1-7H3,(H,42,43);1H. The van der Waals surface area contributed by atoms with Crippen LogP contribution in [0.15, 0.2) is 71.1 Å². The Balaban J connectivity index is 0.00000867. The summed E-state index contributed by atoms with van der Waals surface area (Å²) in [5, 5.41) is 38.9. The summed E-state index contributed by atoms with van der Waals surface area (Å²) in [7, 11) is 1.53. The maximum atomic E-state index is 13.6. The number of ether oxygens (including phenoxy) is 3. The van der Waals surface area contributed by atoms with E-state index in [9.17, 15) is 34.7 Å². The minimum absolute atomic E-state index is 0. The summed E-state index contributed by atoms with van der Waals surface area (Å²) in [5.41, 5.74) is -0.635. The molecule has 0 aromatic heterocycles. The van der Waals surface area contributed by atoms with Crippen LogP contribution in [0.2, 0.25) is 0 Å². The Bertz CT molecular complexity index is 1610. The Kier molecular flexibility index (Phi) is 15.2. The Morgan fingerprint density at radius 2 is 1.76 bits per heavy atom. The number of esters is 1. The second-order valence-corrected chi connectivity index (χ2v) is 12.6. The van der Waals surface area contributed by atoms with Crippen LogP contribution in [0.25, 0.3) is 0 Å². The summed E-state index contributed by atoms with van der Waals surface area (Å²) in [6, 6.07) is 12.5. The number of nitro groups is 1. The van der Waals surface area contributed by atoms with E-state index in [1.807, 2.05) is 19.9 Å². The second-order valence-electron chi connectivity index (χ2n) is 12.6. The van der Waals surface area contributed by atoms with E-state index in [-0.39, 0.29) is 85.0 Å². The van der Waals surface area contributed by atoms with Gasteiger partial charge in [-0.2, -0.15) is 0 Å². The van der Waals surface area contributed by atoms with Crippen molar-refractivity contribution in [1.82, 2.24) is 15.5 Å². The first-order valence-corrected chi connectivity index (χ1v) is 15.9. The maximum absolute atomic E-state index is 13.6. The van der Waals surface area contributed by atoms with Gasteiger partial charge >= 0.3 is 11.9 Å². The zero-order chi connectivity index (χ0) is 36.5. The van der Waals surface area contributed by atoms with E-state index >= 15 is 0 Å². The molecule has 4 N–H and O–H groups in total. The number of amides is 1. The van der Waals surface area contributed by atoms with Crippen LogP contribution in [0.5, 0.6) is 11.5 Å². The van der Waals surface area contributed by atoms with Gasteiger partial charge in [0, 0.05) is 48.1 Å². The first kappa shape index (κ1) is 41.5. The number of β-amino-alcohol motifs (C(OH)–C–C–N with tert-alkyl or cyclic N) is 1. The highest BCUT2D eigenvalue weighted by atomic mass is 35.5. The van der Waals surface area contributed by atoms with Crippen molar-refractivity contribution in [3.05, 3.63) is 86.7 Å². The number of rotatable bonds is 17. The number of halogens is 1.